The summed E-state index contributed by atoms with van der Waals surface area (Å²) in [6.07, 6.45) is 12.6. The van der Waals surface area contributed by atoms with Crippen molar-refractivity contribution < 1.29 is 24.9 Å². The van der Waals surface area contributed by atoms with Gasteiger partial charge in [-0.2, -0.15) is 0 Å². The molecule has 202 valence electrons. The lowest BCUT2D eigenvalue weighted by Crippen LogP contribution is -2.39. The number of fused-ring (bicyclic) bond motifs is 1. The highest BCUT2D eigenvalue weighted by atomic mass is 16.5. The first-order valence-electron chi connectivity index (χ1n) is 13.8. The maximum absolute atomic E-state index is 12.5. The van der Waals surface area contributed by atoms with E-state index in [9.17, 15) is 20.1 Å². The summed E-state index contributed by atoms with van der Waals surface area (Å²) in [7, 11) is 0. The highest BCUT2D eigenvalue weighted by Crippen LogP contribution is 2.59. The van der Waals surface area contributed by atoms with Crippen molar-refractivity contribution in [3.63, 3.8) is 0 Å². The normalized spacial score (nSPS) is 35.4. The third kappa shape index (κ3) is 6.06. The topological polar surface area (TPSA) is 87.0 Å². The number of aliphatic hydroxyl groups is 3. The molecule has 0 aromatic rings. The second-order valence-corrected chi connectivity index (χ2v) is 12.5. The van der Waals surface area contributed by atoms with Gasteiger partial charge in [-0.1, -0.05) is 50.3 Å². The summed E-state index contributed by atoms with van der Waals surface area (Å²) in [4.78, 5) is 12.5. The second kappa shape index (κ2) is 11.4. The van der Waals surface area contributed by atoms with Crippen LogP contribution in [0.3, 0.4) is 0 Å². The lowest BCUT2D eigenvalue weighted by molar-refractivity contribution is -0.162. The van der Waals surface area contributed by atoms with Gasteiger partial charge in [0.1, 0.15) is 0 Å². The van der Waals surface area contributed by atoms with Gasteiger partial charge < -0.3 is 20.1 Å². The largest absolute Gasteiger partial charge is 0.462 e. The molecule has 0 unspecified atom stereocenters. The number of rotatable bonds is 7. The Morgan fingerprint density at radius 2 is 1.86 bits per heavy atom. The maximum Gasteiger partial charge on any atom is 0.314 e. The summed E-state index contributed by atoms with van der Waals surface area (Å²) in [5.74, 6) is 0.916. The first-order chi connectivity index (χ1) is 16.8. The van der Waals surface area contributed by atoms with E-state index in [4.69, 9.17) is 4.74 Å². The van der Waals surface area contributed by atoms with Gasteiger partial charge in [0, 0.05) is 6.42 Å². The summed E-state index contributed by atoms with van der Waals surface area (Å²) < 4.78 is 5.35. The Labute approximate surface area is 218 Å². The Hall–Kier alpha value is -1.69. The third-order valence-electron chi connectivity index (χ3n) is 9.14. The number of ether oxygens (including phenoxy) is 1. The van der Waals surface area contributed by atoms with E-state index >= 15 is 0 Å². The van der Waals surface area contributed by atoms with Gasteiger partial charge in [-0.05, 0) is 101 Å². The van der Waals surface area contributed by atoms with Crippen LogP contribution in [0.15, 0.2) is 47.6 Å². The summed E-state index contributed by atoms with van der Waals surface area (Å²) in [6, 6.07) is 0. The van der Waals surface area contributed by atoms with E-state index in [2.05, 4.69) is 38.7 Å². The van der Waals surface area contributed by atoms with Gasteiger partial charge in [0.05, 0.1) is 29.8 Å². The van der Waals surface area contributed by atoms with Gasteiger partial charge in [0.2, 0.25) is 0 Å². The van der Waals surface area contributed by atoms with Crippen molar-refractivity contribution in [1.82, 2.24) is 0 Å². The number of hydrogen-bond acceptors (Lipinski definition) is 5. The molecule has 0 aliphatic heterocycles. The first kappa shape index (κ1) is 28.9. The smallest absolute Gasteiger partial charge is 0.314 e. The molecule has 5 nitrogen and oxygen atoms in total. The molecule has 3 N–H and O–H groups in total. The third-order valence-corrected chi connectivity index (χ3v) is 9.14. The zero-order valence-electron chi connectivity index (χ0n) is 23.2. The van der Waals surface area contributed by atoms with Gasteiger partial charge in [-0.15, -0.1) is 0 Å². The van der Waals surface area contributed by atoms with E-state index < -0.39 is 23.7 Å². The van der Waals surface area contributed by atoms with Crippen molar-refractivity contribution in [2.24, 2.45) is 28.6 Å². The molecule has 0 heterocycles. The summed E-state index contributed by atoms with van der Waals surface area (Å²) in [5.41, 5.74) is 2.35. The molecule has 36 heavy (non-hydrogen) atoms. The predicted octanol–water partition coefficient (Wildman–Crippen LogP) is 5.66. The lowest BCUT2D eigenvalue weighted by Gasteiger charge is -2.44. The molecule has 0 spiro atoms. The highest BCUT2D eigenvalue weighted by molar-refractivity contribution is 5.77. The molecule has 3 fully saturated rings. The molecule has 0 bridgehead atoms. The molecule has 5 heteroatoms. The zero-order valence-corrected chi connectivity index (χ0v) is 23.2. The van der Waals surface area contributed by atoms with E-state index in [1.54, 1.807) is 19.9 Å². The van der Waals surface area contributed by atoms with Crippen LogP contribution in [0.1, 0.15) is 86.5 Å². The quantitative estimate of drug-likeness (QED) is 0.310. The van der Waals surface area contributed by atoms with E-state index in [1.807, 2.05) is 13.8 Å². The number of esters is 1. The van der Waals surface area contributed by atoms with E-state index in [1.165, 1.54) is 12.0 Å². The minimum absolute atomic E-state index is 0.186. The molecule has 0 radical (unpaired) electrons. The van der Waals surface area contributed by atoms with Gasteiger partial charge in [-0.25, -0.2) is 0 Å². The predicted molar refractivity (Wildman–Crippen MR) is 144 cm³/mol. The van der Waals surface area contributed by atoms with Crippen molar-refractivity contribution in [2.45, 2.75) is 111 Å². The average molecular weight is 501 g/mol. The van der Waals surface area contributed by atoms with Crippen molar-refractivity contribution in [1.29, 1.82) is 0 Å². The van der Waals surface area contributed by atoms with Crippen LogP contribution in [0.2, 0.25) is 0 Å². The molecule has 3 saturated carbocycles. The molecule has 0 aromatic heterocycles. The fourth-order valence-corrected chi connectivity index (χ4v) is 6.75. The molecular weight excluding hydrogens is 452 g/mol. The first-order valence-corrected chi connectivity index (χ1v) is 13.8. The average Bonchev–Trinajstić information content (AvgIpc) is 3.15. The Bertz CT molecular complexity index is 910. The van der Waals surface area contributed by atoms with Crippen LogP contribution >= 0.6 is 0 Å². The molecule has 3 aliphatic carbocycles. The number of hydrogen-bond donors (Lipinski definition) is 3. The van der Waals surface area contributed by atoms with Crippen molar-refractivity contribution in [2.75, 3.05) is 0 Å². The summed E-state index contributed by atoms with van der Waals surface area (Å²) in [5, 5.41) is 31.1. The van der Waals surface area contributed by atoms with Gasteiger partial charge in [0.15, 0.2) is 0 Å². The lowest BCUT2D eigenvalue weighted by atomic mass is 9.61. The number of carbonyl (C=O) groups is 1. The highest BCUT2D eigenvalue weighted by Gasteiger charge is 2.50. The standard InChI is InChI=1S/C31H48O5/c1-19(2)36-29(35)30(5,6)28(34)15-10-20(3)25-13-14-26-22(9-8-16-31(25,26)7)11-12-23-17-24(32)18-27(33)21(23)4/h10-12,15,19-20,24-28,32-34H,4,8-9,13-14,16-18H2,1-3,5-7H3/b15-10+,22-11+,23-12+/t20-,24+,25-,26+,27-,28-,31+/m1/s1. The SMILES string of the molecule is C=C1/C(=C/C=C2\CCC[C@@]3(C)[C@@H]([C@H](C)/C=C/[C@@H](O)C(C)(C)C(=O)OC(C)C)CC[C@@H]23)C[C@H](O)C[C@H]1O. The van der Waals surface area contributed by atoms with Crippen LogP contribution < -0.4 is 0 Å². The van der Waals surface area contributed by atoms with Gasteiger partial charge >= 0.3 is 5.97 Å². The second-order valence-electron chi connectivity index (χ2n) is 12.5. The fraction of sp³-hybridized carbons (Fsp3) is 0.710. The monoisotopic (exact) mass is 500 g/mol. The molecule has 7 atom stereocenters. The number of aliphatic hydroxyl groups excluding tert-OH is 3. The summed E-state index contributed by atoms with van der Waals surface area (Å²) >= 11 is 0. The van der Waals surface area contributed by atoms with E-state index in [0.29, 0.717) is 24.7 Å². The Morgan fingerprint density at radius 1 is 1.17 bits per heavy atom. The van der Waals surface area contributed by atoms with Crippen LogP contribution in [0.5, 0.6) is 0 Å². The van der Waals surface area contributed by atoms with Crippen LogP contribution in [0, 0.1) is 28.6 Å². The fourth-order valence-electron chi connectivity index (χ4n) is 6.75. The van der Waals surface area contributed by atoms with E-state index in [0.717, 1.165) is 36.8 Å². The van der Waals surface area contributed by atoms with Crippen LogP contribution in [0.4, 0.5) is 0 Å². The number of carbonyl (C=O) groups excluding carboxylic acids is 1. The summed E-state index contributed by atoms with van der Waals surface area (Å²) in [6.45, 7) is 15.8. The number of allylic oxidation sites excluding steroid dienone is 4. The van der Waals surface area contributed by atoms with Gasteiger partial charge in [0.25, 0.3) is 0 Å². The van der Waals surface area contributed by atoms with Crippen LogP contribution in [-0.2, 0) is 9.53 Å². The van der Waals surface area contributed by atoms with Crippen molar-refractivity contribution in [3.8, 4) is 0 Å². The van der Waals surface area contributed by atoms with E-state index in [-0.39, 0.29) is 23.4 Å². The Balaban J connectivity index is 1.72. The Kier molecular flexibility index (Phi) is 9.12. The molecule has 0 aromatic carbocycles. The molecular formula is C31H48O5. The minimum Gasteiger partial charge on any atom is -0.462 e. The molecule has 0 saturated heterocycles. The molecule has 3 aliphatic rings. The van der Waals surface area contributed by atoms with Crippen molar-refractivity contribution in [3.05, 3.63) is 47.6 Å². The Morgan fingerprint density at radius 3 is 2.53 bits per heavy atom. The molecule has 3 rings (SSSR count). The van der Waals surface area contributed by atoms with Crippen molar-refractivity contribution >= 4 is 5.97 Å². The van der Waals surface area contributed by atoms with Crippen LogP contribution in [-0.4, -0.2) is 45.7 Å². The minimum atomic E-state index is -0.999. The zero-order chi connectivity index (χ0) is 26.8. The molecule has 0 amide bonds. The van der Waals surface area contributed by atoms with Gasteiger partial charge in [-0.3, -0.25) is 4.79 Å². The maximum atomic E-state index is 12.5. The van der Waals surface area contributed by atoms with Crippen LogP contribution in [0.25, 0.3) is 0 Å².